The van der Waals surface area contributed by atoms with Crippen molar-refractivity contribution >= 4 is 11.9 Å². The van der Waals surface area contributed by atoms with Crippen LogP contribution in [0.5, 0.6) is 0 Å². The van der Waals surface area contributed by atoms with E-state index in [1.165, 1.54) is 0 Å². The zero-order valence-electron chi connectivity index (χ0n) is 21.3. The first-order valence-corrected chi connectivity index (χ1v) is 10.7. The second kappa shape index (κ2) is 45.3. The van der Waals surface area contributed by atoms with Gasteiger partial charge in [0.1, 0.15) is 13.2 Å². The summed E-state index contributed by atoms with van der Waals surface area (Å²) >= 11 is 0. The average molecular weight is 658 g/mol. The number of rotatable bonds is 3. The summed E-state index contributed by atoms with van der Waals surface area (Å²) in [4.78, 5) is 33.4. The first-order chi connectivity index (χ1) is 18.5. The van der Waals surface area contributed by atoms with Crippen molar-refractivity contribution in [3.8, 4) is 0 Å². The topological polar surface area (TPSA) is 207 Å². The predicted octanol–water partition coefficient (Wildman–Crippen LogP) is 1.42. The molecule has 4 heterocycles. The number of aliphatic carboxylic acids is 2. The zero-order chi connectivity index (χ0) is 29.0. The summed E-state index contributed by atoms with van der Waals surface area (Å²) < 4.78 is 0. The molecular weight excluding hydrogens is 623 g/mol. The van der Waals surface area contributed by atoms with Crippen molar-refractivity contribution in [1.82, 2.24) is 19.9 Å². The van der Waals surface area contributed by atoms with Gasteiger partial charge in [0.15, 0.2) is 0 Å². The minimum absolute atomic E-state index is 0. The van der Waals surface area contributed by atoms with Crippen LogP contribution < -0.4 is 0 Å². The molecule has 0 atom stereocenters. The van der Waals surface area contributed by atoms with Crippen molar-refractivity contribution in [1.29, 1.82) is 0 Å². The molecule has 228 valence electrons. The van der Waals surface area contributed by atoms with Crippen LogP contribution in [-0.4, -0.2) is 88.9 Å². The van der Waals surface area contributed by atoms with Gasteiger partial charge in [-0.05, 0) is 48.5 Å². The molecule has 0 saturated heterocycles. The Kier molecular flexibility index (Phi) is 52.5. The third-order valence-corrected chi connectivity index (χ3v) is 2.64. The maximum Gasteiger partial charge on any atom is 0.329 e. The van der Waals surface area contributed by atoms with Gasteiger partial charge in [-0.2, -0.15) is 0 Å². The van der Waals surface area contributed by atoms with Crippen molar-refractivity contribution in [2.45, 2.75) is 0 Å². The molecule has 0 aliphatic rings. The van der Waals surface area contributed by atoms with E-state index in [1.54, 1.807) is 49.6 Å². The number of carbonyl (C=O) groups is 2. The second-order valence-electron chi connectivity index (χ2n) is 5.65. The quantitative estimate of drug-likeness (QED) is 0.173. The molecule has 0 fully saturated rings. The van der Waals surface area contributed by atoms with Crippen LogP contribution in [-0.2, 0) is 43.7 Å². The summed E-state index contributed by atoms with van der Waals surface area (Å²) in [5.41, 5.74) is 0. The summed E-state index contributed by atoms with van der Waals surface area (Å²) in [6, 6.07) is 22.9. The number of carboxylic acids is 2. The summed E-state index contributed by atoms with van der Waals surface area (Å²) in [6.45, 7) is -1.81. The van der Waals surface area contributed by atoms with E-state index in [0.29, 0.717) is 0 Å². The van der Waals surface area contributed by atoms with E-state index < -0.39 is 25.2 Å². The molecule has 12 nitrogen and oxygen atoms in total. The van der Waals surface area contributed by atoms with Gasteiger partial charge in [0, 0.05) is 83.7 Å². The number of hydrogen-bond donors (Lipinski definition) is 6. The van der Waals surface area contributed by atoms with Crippen molar-refractivity contribution < 1.29 is 74.4 Å². The Hall–Kier alpha value is -3.58. The van der Waals surface area contributed by atoms with Crippen LogP contribution in [0, 0.1) is 0 Å². The largest absolute Gasteiger partial charge is 0.480 e. The second-order valence-corrected chi connectivity index (χ2v) is 5.65. The fourth-order valence-electron chi connectivity index (χ4n) is 1.25. The maximum absolute atomic E-state index is 9.12. The maximum atomic E-state index is 9.12. The molecule has 0 saturated carbocycles. The number of aliphatic hydroxyl groups is 4. The summed E-state index contributed by atoms with van der Waals surface area (Å²) in [5, 5.41) is 45.3. The van der Waals surface area contributed by atoms with Crippen molar-refractivity contribution in [2.24, 2.45) is 0 Å². The van der Waals surface area contributed by atoms with Gasteiger partial charge in [0.05, 0.1) is 13.2 Å². The minimum Gasteiger partial charge on any atom is -0.480 e. The first-order valence-electron chi connectivity index (χ1n) is 10.7. The van der Waals surface area contributed by atoms with Crippen molar-refractivity contribution in [2.75, 3.05) is 26.4 Å². The minimum atomic E-state index is -1.19. The average Bonchev–Trinajstić information content (AvgIpc) is 3.02. The van der Waals surface area contributed by atoms with Crippen LogP contribution in [0.25, 0.3) is 0 Å². The molecule has 0 aliphatic carbocycles. The van der Waals surface area contributed by atoms with E-state index >= 15 is 0 Å². The van der Waals surface area contributed by atoms with Gasteiger partial charge in [-0.25, -0.2) is 9.59 Å². The molecule has 4 rings (SSSR count). The van der Waals surface area contributed by atoms with Crippen molar-refractivity contribution in [3.05, 3.63) is 122 Å². The Balaban J connectivity index is -0.000000119. The molecular formula is C26H34Cu2N4O8. The third kappa shape index (κ3) is 59.5. The molecule has 6 N–H and O–H groups in total. The van der Waals surface area contributed by atoms with E-state index in [4.69, 9.17) is 40.2 Å². The molecule has 4 aromatic heterocycles. The third-order valence-electron chi connectivity index (χ3n) is 2.64. The number of aromatic nitrogens is 4. The molecule has 40 heavy (non-hydrogen) atoms. The summed E-state index contributed by atoms with van der Waals surface area (Å²) in [6.07, 6.45) is 14.0. The number of aliphatic hydroxyl groups excluding tert-OH is 4. The number of pyridine rings is 4. The summed E-state index contributed by atoms with van der Waals surface area (Å²) in [7, 11) is 0. The van der Waals surface area contributed by atoms with Crippen LogP contribution >= 0.6 is 0 Å². The fourth-order valence-corrected chi connectivity index (χ4v) is 1.25. The van der Waals surface area contributed by atoms with Crippen LogP contribution in [0.3, 0.4) is 0 Å². The fraction of sp³-hybridized carbons (Fsp3) is 0.154. The first kappa shape index (κ1) is 46.3. The Labute approximate surface area is 254 Å². The molecule has 0 spiro atoms. The van der Waals surface area contributed by atoms with Crippen molar-refractivity contribution in [3.63, 3.8) is 0 Å². The molecule has 14 heteroatoms. The van der Waals surface area contributed by atoms with E-state index in [1.807, 2.05) is 72.8 Å². The Bertz CT molecular complexity index is 689. The van der Waals surface area contributed by atoms with Gasteiger partial charge >= 0.3 is 11.9 Å². The Morgan fingerprint density at radius 2 is 0.550 bits per heavy atom. The van der Waals surface area contributed by atoms with Crippen LogP contribution in [0.2, 0.25) is 0 Å². The molecule has 0 unspecified atom stereocenters. The zero-order valence-corrected chi connectivity index (χ0v) is 23.2. The standard InChI is InChI=1S/4C5H5N.2C2H4O3.C2H6O2.2Cu/c4*1-2-4-6-5-3-1;2*3-1-2(4)5;3-1-2-4;;/h4*1-5H;2*3H,1H2,(H,4,5);3-4H,1-2H2;;. The molecule has 2 radical (unpaired) electrons. The Morgan fingerprint density at radius 3 is 0.575 bits per heavy atom. The molecule has 0 bridgehead atoms. The van der Waals surface area contributed by atoms with Gasteiger partial charge in [-0.1, -0.05) is 24.3 Å². The van der Waals surface area contributed by atoms with Crippen LogP contribution in [0.1, 0.15) is 0 Å². The van der Waals surface area contributed by atoms with E-state index in [2.05, 4.69) is 19.9 Å². The van der Waals surface area contributed by atoms with E-state index in [0.717, 1.165) is 0 Å². The summed E-state index contributed by atoms with van der Waals surface area (Å²) in [5.74, 6) is -2.38. The monoisotopic (exact) mass is 656 g/mol. The predicted molar refractivity (Wildman–Crippen MR) is 141 cm³/mol. The molecule has 0 amide bonds. The molecule has 0 aliphatic heterocycles. The van der Waals surface area contributed by atoms with E-state index in [9.17, 15) is 0 Å². The number of nitrogens with zero attached hydrogens (tertiary/aromatic N) is 4. The van der Waals surface area contributed by atoms with Crippen LogP contribution in [0.4, 0.5) is 0 Å². The van der Waals surface area contributed by atoms with Crippen LogP contribution in [0.15, 0.2) is 122 Å². The van der Waals surface area contributed by atoms with Gasteiger partial charge < -0.3 is 30.6 Å². The number of hydrogen-bond acceptors (Lipinski definition) is 10. The number of carboxylic acid groups (broad SMARTS) is 2. The molecule has 4 aromatic rings. The normalized spacial score (nSPS) is 7.40. The SMILES string of the molecule is O=C(O)CO.O=C(O)CO.OCCO.[Cu].[Cu].c1ccncc1.c1ccncc1.c1ccncc1.c1ccncc1. The smallest absolute Gasteiger partial charge is 0.329 e. The van der Waals surface area contributed by atoms with Gasteiger partial charge in [0.25, 0.3) is 0 Å². The van der Waals surface area contributed by atoms with Gasteiger partial charge in [-0.3, -0.25) is 19.9 Å². The molecule has 0 aromatic carbocycles. The van der Waals surface area contributed by atoms with Gasteiger partial charge in [0.2, 0.25) is 0 Å². The van der Waals surface area contributed by atoms with Gasteiger partial charge in [-0.15, -0.1) is 0 Å². The Morgan fingerprint density at radius 1 is 0.400 bits per heavy atom. The van der Waals surface area contributed by atoms with E-state index in [-0.39, 0.29) is 47.4 Å².